The summed E-state index contributed by atoms with van der Waals surface area (Å²) >= 11 is 3.10. The van der Waals surface area contributed by atoms with Gasteiger partial charge in [-0.1, -0.05) is 6.07 Å². The molecule has 5 nitrogen and oxygen atoms in total. The van der Waals surface area contributed by atoms with E-state index in [1.165, 1.54) is 7.11 Å². The number of halogens is 1. The van der Waals surface area contributed by atoms with Gasteiger partial charge >= 0.3 is 5.97 Å². The lowest BCUT2D eigenvalue weighted by atomic mass is 10.0. The maximum Gasteiger partial charge on any atom is 0.310 e. The van der Waals surface area contributed by atoms with Crippen molar-refractivity contribution >= 4 is 27.6 Å². The van der Waals surface area contributed by atoms with E-state index in [9.17, 15) is 14.9 Å². The van der Waals surface area contributed by atoms with Gasteiger partial charge < -0.3 is 4.74 Å². The van der Waals surface area contributed by atoms with E-state index in [2.05, 4.69) is 20.7 Å². The lowest BCUT2D eigenvalue weighted by Gasteiger charge is -2.06. The van der Waals surface area contributed by atoms with Crippen molar-refractivity contribution in [1.82, 2.24) is 0 Å². The van der Waals surface area contributed by atoms with Crippen molar-refractivity contribution in [1.29, 1.82) is 0 Å². The number of methoxy groups -OCH3 is 1. The molecule has 16 heavy (non-hydrogen) atoms. The van der Waals surface area contributed by atoms with Crippen LogP contribution in [0.25, 0.3) is 0 Å². The normalized spacial score (nSPS) is 9.94. The lowest BCUT2D eigenvalue weighted by molar-refractivity contribution is -0.386. The highest BCUT2D eigenvalue weighted by atomic mass is 79.9. The molecule has 0 saturated carbocycles. The molecule has 0 N–H and O–H groups in total. The molecule has 0 aliphatic carbocycles. The Bertz CT molecular complexity index is 445. The fourth-order valence-corrected chi connectivity index (χ4v) is 1.86. The zero-order valence-electron chi connectivity index (χ0n) is 8.82. The second-order valence-electron chi connectivity index (χ2n) is 3.20. The van der Waals surface area contributed by atoms with E-state index in [1.807, 2.05) is 0 Å². The van der Waals surface area contributed by atoms with Crippen LogP contribution in [0.2, 0.25) is 0 Å². The van der Waals surface area contributed by atoms with Gasteiger partial charge in [0.25, 0.3) is 5.69 Å². The summed E-state index contributed by atoms with van der Waals surface area (Å²) in [6.45, 7) is 1.72. The first-order valence-electron chi connectivity index (χ1n) is 4.46. The molecule has 0 fully saturated rings. The Morgan fingerprint density at radius 2 is 2.19 bits per heavy atom. The summed E-state index contributed by atoms with van der Waals surface area (Å²) in [5.74, 6) is -0.496. The van der Waals surface area contributed by atoms with Crippen LogP contribution >= 0.6 is 15.9 Å². The minimum absolute atomic E-state index is 0.0783. The second kappa shape index (κ2) is 5.07. The van der Waals surface area contributed by atoms with Gasteiger partial charge in [0.15, 0.2) is 0 Å². The molecule has 0 amide bonds. The maximum absolute atomic E-state index is 11.2. The van der Waals surface area contributed by atoms with E-state index in [1.54, 1.807) is 19.1 Å². The lowest BCUT2D eigenvalue weighted by Crippen LogP contribution is -2.08. The van der Waals surface area contributed by atoms with Crippen LogP contribution in [0.4, 0.5) is 5.69 Å². The first-order valence-corrected chi connectivity index (χ1v) is 5.26. The van der Waals surface area contributed by atoms with Crippen molar-refractivity contribution in [2.75, 3.05) is 7.11 Å². The van der Waals surface area contributed by atoms with Crippen molar-refractivity contribution in [3.05, 3.63) is 37.8 Å². The molecule has 0 spiro atoms. The third-order valence-electron chi connectivity index (χ3n) is 2.20. The van der Waals surface area contributed by atoms with Gasteiger partial charge in [-0.25, -0.2) is 0 Å². The molecule has 0 heterocycles. The van der Waals surface area contributed by atoms with E-state index in [0.717, 1.165) is 0 Å². The number of carbonyl (C=O) groups is 1. The second-order valence-corrected chi connectivity index (χ2v) is 4.06. The van der Waals surface area contributed by atoms with E-state index in [-0.39, 0.29) is 12.1 Å². The van der Waals surface area contributed by atoms with Crippen LogP contribution in [0.3, 0.4) is 0 Å². The SMILES string of the molecule is COC(=O)Cc1c(C)ccc(Br)c1[N+](=O)[O-]. The minimum Gasteiger partial charge on any atom is -0.469 e. The van der Waals surface area contributed by atoms with Crippen LogP contribution in [0.1, 0.15) is 11.1 Å². The molecular weight excluding hydrogens is 278 g/mol. The van der Waals surface area contributed by atoms with Crippen LogP contribution in [-0.4, -0.2) is 18.0 Å². The number of esters is 1. The van der Waals surface area contributed by atoms with Gasteiger partial charge in [0.2, 0.25) is 0 Å². The standard InChI is InChI=1S/C10H10BrNO4/c1-6-3-4-8(11)10(12(14)15)7(6)5-9(13)16-2/h3-4H,5H2,1-2H3. The number of hydrogen-bond donors (Lipinski definition) is 0. The van der Waals surface area contributed by atoms with Gasteiger partial charge in [-0.3, -0.25) is 14.9 Å². The molecule has 1 aromatic carbocycles. The number of ether oxygens (including phenoxy) is 1. The highest BCUT2D eigenvalue weighted by Crippen LogP contribution is 2.31. The number of carbonyl (C=O) groups excluding carboxylic acids is 1. The molecule has 0 bridgehead atoms. The topological polar surface area (TPSA) is 69.4 Å². The third-order valence-corrected chi connectivity index (χ3v) is 2.84. The van der Waals surface area contributed by atoms with Crippen LogP contribution in [0, 0.1) is 17.0 Å². The quantitative estimate of drug-likeness (QED) is 0.486. The Hall–Kier alpha value is -1.43. The maximum atomic E-state index is 11.2. The van der Waals surface area contributed by atoms with Crippen LogP contribution in [-0.2, 0) is 16.0 Å². The molecule has 0 radical (unpaired) electrons. The third kappa shape index (κ3) is 2.57. The predicted octanol–water partition coefficient (Wildman–Crippen LogP) is 2.38. The number of nitrogens with zero attached hydrogens (tertiary/aromatic N) is 1. The fourth-order valence-electron chi connectivity index (χ4n) is 1.35. The summed E-state index contributed by atoms with van der Waals surface area (Å²) in [5, 5.41) is 10.9. The number of aryl methyl sites for hydroxylation is 1. The van der Waals surface area contributed by atoms with E-state index < -0.39 is 10.9 Å². The Labute approximate surface area is 101 Å². The van der Waals surface area contributed by atoms with Gasteiger partial charge in [-0.2, -0.15) is 0 Å². The molecular formula is C10H10BrNO4. The number of benzene rings is 1. The monoisotopic (exact) mass is 287 g/mol. The summed E-state index contributed by atoms with van der Waals surface area (Å²) in [6.07, 6.45) is -0.0991. The predicted molar refractivity (Wildman–Crippen MR) is 61.3 cm³/mol. The molecule has 6 heteroatoms. The number of nitro groups is 1. The van der Waals surface area contributed by atoms with Crippen LogP contribution < -0.4 is 0 Å². The van der Waals surface area contributed by atoms with Crippen LogP contribution in [0.5, 0.6) is 0 Å². The molecule has 1 aromatic rings. The van der Waals surface area contributed by atoms with Gasteiger partial charge in [0.05, 0.1) is 22.9 Å². The highest BCUT2D eigenvalue weighted by molar-refractivity contribution is 9.10. The van der Waals surface area contributed by atoms with E-state index in [0.29, 0.717) is 15.6 Å². The van der Waals surface area contributed by atoms with Crippen molar-refractivity contribution in [2.24, 2.45) is 0 Å². The first-order chi connectivity index (χ1) is 7.47. The Morgan fingerprint density at radius 3 is 2.69 bits per heavy atom. The number of nitro benzene ring substituents is 1. The van der Waals surface area contributed by atoms with E-state index >= 15 is 0 Å². The number of rotatable bonds is 3. The minimum atomic E-state index is -0.505. The molecule has 0 atom stereocenters. The number of hydrogen-bond acceptors (Lipinski definition) is 4. The molecule has 0 aliphatic rings. The Kier molecular flexibility index (Phi) is 4.00. The van der Waals surface area contributed by atoms with Gasteiger partial charge in [0.1, 0.15) is 0 Å². The molecule has 1 rings (SSSR count). The summed E-state index contributed by atoms with van der Waals surface area (Å²) in [5.41, 5.74) is 0.997. The smallest absolute Gasteiger partial charge is 0.310 e. The van der Waals surface area contributed by atoms with Crippen molar-refractivity contribution in [3.8, 4) is 0 Å². The van der Waals surface area contributed by atoms with Crippen molar-refractivity contribution in [3.63, 3.8) is 0 Å². The Balaban J connectivity index is 3.28. The van der Waals surface area contributed by atoms with Gasteiger partial charge in [-0.05, 0) is 34.5 Å². The Morgan fingerprint density at radius 1 is 1.56 bits per heavy atom. The fraction of sp³-hybridized carbons (Fsp3) is 0.300. The van der Waals surface area contributed by atoms with Crippen molar-refractivity contribution < 1.29 is 14.5 Å². The summed E-state index contributed by atoms with van der Waals surface area (Å²) in [7, 11) is 1.25. The largest absolute Gasteiger partial charge is 0.469 e. The average Bonchev–Trinajstić information content (AvgIpc) is 2.22. The zero-order valence-corrected chi connectivity index (χ0v) is 10.4. The molecule has 86 valence electrons. The van der Waals surface area contributed by atoms with E-state index in [4.69, 9.17) is 0 Å². The highest BCUT2D eigenvalue weighted by Gasteiger charge is 2.22. The average molecular weight is 288 g/mol. The summed E-state index contributed by atoms with van der Waals surface area (Å²) < 4.78 is 4.87. The molecule has 0 aromatic heterocycles. The zero-order chi connectivity index (χ0) is 12.3. The summed E-state index contributed by atoms with van der Waals surface area (Å²) in [6, 6.07) is 3.31. The van der Waals surface area contributed by atoms with Gasteiger partial charge in [-0.15, -0.1) is 0 Å². The van der Waals surface area contributed by atoms with Gasteiger partial charge in [0, 0.05) is 5.56 Å². The van der Waals surface area contributed by atoms with Crippen molar-refractivity contribution in [2.45, 2.75) is 13.3 Å². The van der Waals surface area contributed by atoms with Crippen LogP contribution in [0.15, 0.2) is 16.6 Å². The molecule has 0 aliphatic heterocycles. The molecule has 0 saturated heterocycles. The molecule has 0 unspecified atom stereocenters. The summed E-state index contributed by atoms with van der Waals surface area (Å²) in [4.78, 5) is 21.5. The first kappa shape index (κ1) is 12.6.